The number of hydrogen-bond acceptors (Lipinski definition) is 6. The zero-order valence-electron chi connectivity index (χ0n) is 19.1. The molecule has 2 amide bonds. The molecule has 1 fully saturated rings. The number of rotatable bonds is 8. The quantitative estimate of drug-likeness (QED) is 0.361. The van der Waals surface area contributed by atoms with Crippen molar-refractivity contribution in [2.24, 2.45) is 0 Å². The number of carbonyl (C=O) groups excluding carboxylic acids is 2. The van der Waals surface area contributed by atoms with E-state index in [1.54, 1.807) is 18.2 Å². The fourth-order valence-electron chi connectivity index (χ4n) is 3.93. The van der Waals surface area contributed by atoms with Crippen molar-refractivity contribution in [2.75, 3.05) is 45.9 Å². The number of aromatic hydroxyl groups is 1. The first kappa shape index (κ1) is 25.5. The number of pyridine rings is 1. The highest BCUT2D eigenvalue weighted by Crippen LogP contribution is 2.36. The Bertz CT molecular complexity index is 1130. The van der Waals surface area contributed by atoms with Crippen LogP contribution in [0.15, 0.2) is 36.5 Å². The molecule has 0 saturated carbocycles. The Hall–Kier alpha value is -3.14. The molecule has 10 heteroatoms. The summed E-state index contributed by atoms with van der Waals surface area (Å²) in [6, 6.07) is 9.12. The highest BCUT2D eigenvalue weighted by atomic mass is 35.5. The van der Waals surface area contributed by atoms with E-state index in [1.807, 2.05) is 18.3 Å². The average Bonchev–Trinajstić information content (AvgIpc) is 3.16. The van der Waals surface area contributed by atoms with Crippen molar-refractivity contribution in [1.82, 2.24) is 25.5 Å². The van der Waals surface area contributed by atoms with Gasteiger partial charge in [-0.3, -0.25) is 19.5 Å². The summed E-state index contributed by atoms with van der Waals surface area (Å²) in [4.78, 5) is 33.4. The molecule has 1 aliphatic heterocycles. The van der Waals surface area contributed by atoms with E-state index in [9.17, 15) is 14.7 Å². The van der Waals surface area contributed by atoms with Crippen LogP contribution in [0.4, 0.5) is 0 Å². The Morgan fingerprint density at radius 2 is 1.91 bits per heavy atom. The van der Waals surface area contributed by atoms with Gasteiger partial charge >= 0.3 is 0 Å². The number of H-pyrrole nitrogens is 1. The van der Waals surface area contributed by atoms with Crippen molar-refractivity contribution in [1.29, 1.82) is 0 Å². The van der Waals surface area contributed by atoms with Crippen molar-refractivity contribution >= 4 is 35.1 Å². The average molecular weight is 488 g/mol. The molecule has 4 rings (SSSR count). The smallest absolute Gasteiger partial charge is 0.251 e. The third-order valence-corrected chi connectivity index (χ3v) is 5.73. The molecule has 1 aromatic carbocycles. The summed E-state index contributed by atoms with van der Waals surface area (Å²) < 4.78 is 5.39. The zero-order chi connectivity index (χ0) is 23.2. The number of ether oxygens (including phenoxy) is 1. The molecule has 0 radical (unpaired) electrons. The van der Waals surface area contributed by atoms with Crippen molar-refractivity contribution in [3.05, 3.63) is 47.7 Å². The van der Waals surface area contributed by atoms with E-state index >= 15 is 0 Å². The van der Waals surface area contributed by atoms with Gasteiger partial charge in [0.05, 0.1) is 24.5 Å². The summed E-state index contributed by atoms with van der Waals surface area (Å²) in [5, 5.41) is 16.7. The predicted molar refractivity (Wildman–Crippen MR) is 132 cm³/mol. The Morgan fingerprint density at radius 3 is 2.62 bits per heavy atom. The Labute approximate surface area is 204 Å². The zero-order valence-corrected chi connectivity index (χ0v) is 19.9. The van der Waals surface area contributed by atoms with Gasteiger partial charge in [-0.15, -0.1) is 12.4 Å². The van der Waals surface area contributed by atoms with Crippen molar-refractivity contribution in [2.45, 2.75) is 13.3 Å². The van der Waals surface area contributed by atoms with E-state index in [4.69, 9.17) is 4.74 Å². The molecule has 9 nitrogen and oxygen atoms in total. The van der Waals surface area contributed by atoms with Crippen LogP contribution < -0.4 is 10.6 Å². The molecule has 0 spiro atoms. The lowest BCUT2D eigenvalue weighted by atomic mass is 10.0. The molecule has 0 bridgehead atoms. The number of halogens is 1. The summed E-state index contributed by atoms with van der Waals surface area (Å²) in [7, 11) is 0. The lowest BCUT2D eigenvalue weighted by Gasteiger charge is -2.26. The van der Waals surface area contributed by atoms with Gasteiger partial charge in [0.2, 0.25) is 5.91 Å². The normalized spacial score (nSPS) is 13.9. The number of amides is 2. The van der Waals surface area contributed by atoms with E-state index in [2.05, 4.69) is 25.5 Å². The second-order valence-corrected chi connectivity index (χ2v) is 8.10. The number of carbonyl (C=O) groups is 2. The molecule has 182 valence electrons. The molecule has 34 heavy (non-hydrogen) atoms. The van der Waals surface area contributed by atoms with Gasteiger partial charge in [-0.05, 0) is 36.2 Å². The van der Waals surface area contributed by atoms with Crippen molar-refractivity contribution in [3.63, 3.8) is 0 Å². The summed E-state index contributed by atoms with van der Waals surface area (Å²) in [6.07, 6.45) is 2.74. The summed E-state index contributed by atoms with van der Waals surface area (Å²) in [5.74, 6) is -0.375. The molecule has 2 aromatic heterocycles. The second-order valence-electron chi connectivity index (χ2n) is 8.10. The molecular formula is C24H30ClN5O4. The maximum atomic E-state index is 12.5. The van der Waals surface area contributed by atoms with Crippen LogP contribution in [0.2, 0.25) is 0 Å². The summed E-state index contributed by atoms with van der Waals surface area (Å²) in [5.41, 5.74) is 3.52. The molecule has 1 aliphatic rings. The molecule has 1 saturated heterocycles. The Kier molecular flexibility index (Phi) is 8.86. The number of aromatic amines is 1. The highest BCUT2D eigenvalue weighted by Gasteiger charge is 2.17. The third-order valence-electron chi connectivity index (χ3n) is 5.73. The maximum absolute atomic E-state index is 12.5. The van der Waals surface area contributed by atoms with E-state index in [1.165, 1.54) is 6.92 Å². The van der Waals surface area contributed by atoms with Crippen LogP contribution >= 0.6 is 12.4 Å². The SMILES string of the molecule is CC(=O)NCCNC(=O)c1ccc2[nH]c(O)c(-c3ccc(CCN4CCOCC4)cn3)c2c1.Cl. The van der Waals surface area contributed by atoms with Gasteiger partial charge in [0.15, 0.2) is 5.88 Å². The molecular weight excluding hydrogens is 458 g/mol. The Balaban J connectivity index is 0.00000324. The van der Waals surface area contributed by atoms with Gasteiger partial charge < -0.3 is 25.5 Å². The molecule has 0 unspecified atom stereocenters. The van der Waals surface area contributed by atoms with Gasteiger partial charge in [-0.25, -0.2) is 0 Å². The number of fused-ring (bicyclic) bond motifs is 1. The number of nitrogens with zero attached hydrogens (tertiary/aromatic N) is 2. The minimum atomic E-state index is -0.250. The topological polar surface area (TPSA) is 120 Å². The van der Waals surface area contributed by atoms with Crippen LogP contribution in [-0.2, 0) is 16.0 Å². The van der Waals surface area contributed by atoms with Gasteiger partial charge in [-0.2, -0.15) is 0 Å². The van der Waals surface area contributed by atoms with Crippen LogP contribution in [0.3, 0.4) is 0 Å². The van der Waals surface area contributed by atoms with E-state index < -0.39 is 0 Å². The van der Waals surface area contributed by atoms with Crippen LogP contribution in [0.1, 0.15) is 22.8 Å². The van der Waals surface area contributed by atoms with Crippen LogP contribution in [0.5, 0.6) is 5.88 Å². The highest BCUT2D eigenvalue weighted by molar-refractivity contribution is 6.03. The molecule has 4 N–H and O–H groups in total. The number of benzene rings is 1. The molecule has 0 atom stereocenters. The van der Waals surface area contributed by atoms with E-state index in [0.717, 1.165) is 55.7 Å². The first-order chi connectivity index (χ1) is 16.0. The first-order valence-corrected chi connectivity index (χ1v) is 11.1. The lowest BCUT2D eigenvalue weighted by Crippen LogP contribution is -2.37. The number of hydrogen-bond donors (Lipinski definition) is 4. The van der Waals surface area contributed by atoms with Crippen molar-refractivity contribution < 1.29 is 19.4 Å². The second kappa shape index (κ2) is 11.8. The number of aromatic nitrogens is 2. The minimum absolute atomic E-state index is 0. The Morgan fingerprint density at radius 1 is 1.15 bits per heavy atom. The molecule has 0 aliphatic carbocycles. The maximum Gasteiger partial charge on any atom is 0.251 e. The van der Waals surface area contributed by atoms with Crippen molar-refractivity contribution in [3.8, 4) is 17.1 Å². The van der Waals surface area contributed by atoms with Crippen LogP contribution in [0, 0.1) is 0 Å². The van der Waals surface area contributed by atoms with Crippen LogP contribution in [0.25, 0.3) is 22.2 Å². The number of morpholine rings is 1. The fourth-order valence-corrected chi connectivity index (χ4v) is 3.93. The van der Waals surface area contributed by atoms with E-state index in [0.29, 0.717) is 29.9 Å². The van der Waals surface area contributed by atoms with Gasteiger partial charge in [-0.1, -0.05) is 6.07 Å². The number of nitrogens with one attached hydrogen (secondary N) is 3. The van der Waals surface area contributed by atoms with Gasteiger partial charge in [0.1, 0.15) is 0 Å². The predicted octanol–water partition coefficient (Wildman–Crippen LogP) is 2.10. The first-order valence-electron chi connectivity index (χ1n) is 11.1. The molecule has 3 aromatic rings. The monoisotopic (exact) mass is 487 g/mol. The fraction of sp³-hybridized carbons (Fsp3) is 0.375. The standard InChI is InChI=1S/C24H29N5O4.ClH/c1-16(30)25-7-8-26-23(31)18-3-5-20-19(14-18)22(24(32)28-20)21-4-2-17(15-27-21)6-9-29-10-12-33-13-11-29;/h2-5,14-15,28,32H,6-13H2,1H3,(H,25,30)(H,26,31);1H. The van der Waals surface area contributed by atoms with Crippen LogP contribution in [-0.4, -0.2) is 77.7 Å². The molecule has 3 heterocycles. The minimum Gasteiger partial charge on any atom is -0.494 e. The summed E-state index contributed by atoms with van der Waals surface area (Å²) in [6.45, 7) is 6.56. The third kappa shape index (κ3) is 6.25. The van der Waals surface area contributed by atoms with E-state index in [-0.39, 0.29) is 30.1 Å². The summed E-state index contributed by atoms with van der Waals surface area (Å²) >= 11 is 0. The lowest BCUT2D eigenvalue weighted by molar-refractivity contribution is -0.118. The largest absolute Gasteiger partial charge is 0.494 e. The van der Waals surface area contributed by atoms with Gasteiger partial charge in [0, 0.05) is 62.3 Å². The van der Waals surface area contributed by atoms with Gasteiger partial charge in [0.25, 0.3) is 5.91 Å².